The zero-order valence-corrected chi connectivity index (χ0v) is 11.0. The lowest BCUT2D eigenvalue weighted by Gasteiger charge is -2.00. The maximum Gasteiger partial charge on any atom is 0.169 e. The van der Waals surface area contributed by atoms with Gasteiger partial charge in [-0.3, -0.25) is 0 Å². The van der Waals surface area contributed by atoms with E-state index in [-0.39, 0.29) is 5.75 Å². The fourth-order valence-electron chi connectivity index (χ4n) is 2.46. The Labute approximate surface area is 111 Å². The Kier molecular flexibility index (Phi) is 3.07. The van der Waals surface area contributed by atoms with Crippen LogP contribution >= 0.6 is 0 Å². The van der Waals surface area contributed by atoms with Gasteiger partial charge in [-0.05, 0) is 17.7 Å². The van der Waals surface area contributed by atoms with Crippen LogP contribution in [0.4, 0.5) is 4.39 Å². The van der Waals surface area contributed by atoms with E-state index in [0.717, 1.165) is 0 Å². The maximum absolute atomic E-state index is 13.2. The molecule has 1 saturated carbocycles. The van der Waals surface area contributed by atoms with E-state index in [0.29, 0.717) is 5.56 Å². The number of benzene rings is 1. The molecule has 0 heterocycles. The molecule has 2 rings (SSSR count). The van der Waals surface area contributed by atoms with Crippen molar-refractivity contribution in [3.8, 4) is 12.1 Å². The molecule has 0 saturated heterocycles. The van der Waals surface area contributed by atoms with Gasteiger partial charge in [0.25, 0.3) is 0 Å². The highest BCUT2D eigenvalue weighted by Crippen LogP contribution is 2.62. The molecule has 1 aliphatic carbocycles. The number of halogens is 1. The van der Waals surface area contributed by atoms with E-state index in [1.807, 2.05) is 0 Å². The first-order chi connectivity index (χ1) is 8.93. The van der Waals surface area contributed by atoms with Crippen molar-refractivity contribution < 1.29 is 12.8 Å². The van der Waals surface area contributed by atoms with Crippen LogP contribution in [0.15, 0.2) is 24.3 Å². The maximum atomic E-state index is 13.2. The molecule has 1 fully saturated rings. The molecular weight excluding hydrogens is 267 g/mol. The van der Waals surface area contributed by atoms with Crippen LogP contribution in [0.25, 0.3) is 0 Å². The lowest BCUT2D eigenvalue weighted by atomic mass is 10.0. The molecule has 0 unspecified atom stereocenters. The number of rotatable bonds is 3. The van der Waals surface area contributed by atoms with Gasteiger partial charge in [0.2, 0.25) is 0 Å². The van der Waals surface area contributed by atoms with E-state index >= 15 is 0 Å². The van der Waals surface area contributed by atoms with Gasteiger partial charge in [0, 0.05) is 11.7 Å². The SMILES string of the molecule is CCS(=O)(=O)[C@H]1[C@@H](c2cccc(F)c2)C1(C#N)C#N. The molecule has 0 amide bonds. The molecule has 0 radical (unpaired) electrons. The van der Waals surface area contributed by atoms with Gasteiger partial charge < -0.3 is 0 Å². The molecule has 4 nitrogen and oxygen atoms in total. The van der Waals surface area contributed by atoms with Crippen molar-refractivity contribution in [2.45, 2.75) is 18.1 Å². The summed E-state index contributed by atoms with van der Waals surface area (Å²) in [5.41, 5.74) is -1.21. The van der Waals surface area contributed by atoms with Gasteiger partial charge in [-0.2, -0.15) is 10.5 Å². The third-order valence-corrected chi connectivity index (χ3v) is 5.72. The Bertz CT molecular complexity index is 686. The Hall–Kier alpha value is -1.92. The molecule has 0 spiro atoms. The normalized spacial score (nSPS) is 24.2. The average molecular weight is 278 g/mol. The Morgan fingerprint density at radius 3 is 2.47 bits per heavy atom. The van der Waals surface area contributed by atoms with Crippen molar-refractivity contribution in [3.05, 3.63) is 35.6 Å². The molecule has 1 aromatic rings. The highest BCUT2D eigenvalue weighted by Gasteiger charge is 2.72. The minimum Gasteiger partial charge on any atom is -0.228 e. The highest BCUT2D eigenvalue weighted by atomic mass is 32.2. The number of hydrogen-bond acceptors (Lipinski definition) is 4. The van der Waals surface area contributed by atoms with Gasteiger partial charge in [-0.1, -0.05) is 19.1 Å². The largest absolute Gasteiger partial charge is 0.228 e. The van der Waals surface area contributed by atoms with Crippen molar-refractivity contribution in [3.63, 3.8) is 0 Å². The van der Waals surface area contributed by atoms with E-state index in [1.165, 1.54) is 25.1 Å². The predicted octanol–water partition coefficient (Wildman–Crippen LogP) is 1.76. The number of nitriles is 2. The van der Waals surface area contributed by atoms with Gasteiger partial charge >= 0.3 is 0 Å². The fourth-order valence-corrected chi connectivity index (χ4v) is 4.34. The van der Waals surface area contributed by atoms with Crippen LogP contribution in [0, 0.1) is 33.9 Å². The lowest BCUT2D eigenvalue weighted by Crippen LogP contribution is -2.15. The molecule has 6 heteroatoms. The molecule has 19 heavy (non-hydrogen) atoms. The van der Waals surface area contributed by atoms with Crippen LogP contribution < -0.4 is 0 Å². The van der Waals surface area contributed by atoms with Crippen LogP contribution in [0.3, 0.4) is 0 Å². The van der Waals surface area contributed by atoms with Crippen LogP contribution in [0.1, 0.15) is 18.4 Å². The molecule has 98 valence electrons. The monoisotopic (exact) mass is 278 g/mol. The molecule has 1 aromatic carbocycles. The number of sulfone groups is 1. The molecule has 0 aromatic heterocycles. The van der Waals surface area contributed by atoms with Crippen molar-refractivity contribution in [2.24, 2.45) is 5.41 Å². The van der Waals surface area contributed by atoms with E-state index in [4.69, 9.17) is 10.5 Å². The second kappa shape index (κ2) is 4.32. The Balaban J connectivity index is 2.53. The topological polar surface area (TPSA) is 81.7 Å². The molecule has 1 aliphatic rings. The van der Waals surface area contributed by atoms with E-state index < -0.39 is 32.2 Å². The van der Waals surface area contributed by atoms with Crippen molar-refractivity contribution >= 4 is 9.84 Å². The van der Waals surface area contributed by atoms with Crippen molar-refractivity contribution in [1.82, 2.24) is 0 Å². The highest BCUT2D eigenvalue weighted by molar-refractivity contribution is 7.92. The summed E-state index contributed by atoms with van der Waals surface area (Å²) >= 11 is 0. The first kappa shape index (κ1) is 13.5. The number of hydrogen-bond donors (Lipinski definition) is 0. The standard InChI is InChI=1S/C13H11FN2O2S/c1-2-19(17,18)12-11(13(12,7-15)8-16)9-4-3-5-10(14)6-9/h3-6,11-12H,2H2,1H3/t11-,12+/m1/s1. The van der Waals surface area contributed by atoms with Crippen LogP contribution in [-0.4, -0.2) is 19.4 Å². The first-order valence-corrected chi connectivity index (χ1v) is 7.44. The van der Waals surface area contributed by atoms with Crippen molar-refractivity contribution in [1.29, 1.82) is 10.5 Å². The van der Waals surface area contributed by atoms with Gasteiger partial charge in [0.15, 0.2) is 15.3 Å². The quantitative estimate of drug-likeness (QED) is 0.843. The van der Waals surface area contributed by atoms with Gasteiger partial charge in [-0.15, -0.1) is 0 Å². The van der Waals surface area contributed by atoms with Gasteiger partial charge in [-0.25, -0.2) is 12.8 Å². The predicted molar refractivity (Wildman–Crippen MR) is 66.0 cm³/mol. The summed E-state index contributed by atoms with van der Waals surface area (Å²) in [6.45, 7) is 1.47. The third-order valence-electron chi connectivity index (χ3n) is 3.50. The Morgan fingerprint density at radius 1 is 1.37 bits per heavy atom. The van der Waals surface area contributed by atoms with Crippen molar-refractivity contribution in [2.75, 3.05) is 5.75 Å². The van der Waals surface area contributed by atoms with Gasteiger partial charge in [0.05, 0.1) is 12.1 Å². The average Bonchev–Trinajstić information content (AvgIpc) is 3.09. The summed E-state index contributed by atoms with van der Waals surface area (Å²) in [4.78, 5) is 0. The fraction of sp³-hybridized carbons (Fsp3) is 0.385. The number of nitrogens with zero attached hydrogens (tertiary/aromatic N) is 2. The van der Waals surface area contributed by atoms with Crippen LogP contribution in [-0.2, 0) is 9.84 Å². The summed E-state index contributed by atoms with van der Waals surface area (Å²) < 4.78 is 37.1. The molecule has 0 aliphatic heterocycles. The Morgan fingerprint density at radius 2 is 2.00 bits per heavy atom. The second-order valence-corrected chi connectivity index (χ2v) is 6.91. The van der Waals surface area contributed by atoms with Crippen LogP contribution in [0.5, 0.6) is 0 Å². The van der Waals surface area contributed by atoms with E-state index in [2.05, 4.69) is 0 Å². The summed E-state index contributed by atoms with van der Waals surface area (Å²) in [5.74, 6) is -1.43. The first-order valence-electron chi connectivity index (χ1n) is 5.72. The smallest absolute Gasteiger partial charge is 0.169 e. The minimum absolute atomic E-state index is 0.144. The van der Waals surface area contributed by atoms with Crippen LogP contribution in [0.2, 0.25) is 0 Å². The molecule has 0 bridgehead atoms. The second-order valence-electron chi connectivity index (χ2n) is 4.50. The molecular formula is C13H11FN2O2S. The zero-order chi connectivity index (χ0) is 14.3. The molecule has 0 N–H and O–H groups in total. The summed E-state index contributed by atoms with van der Waals surface area (Å²) in [6.07, 6.45) is 0. The minimum atomic E-state index is -3.53. The summed E-state index contributed by atoms with van der Waals surface area (Å²) in [7, 11) is -3.53. The van der Waals surface area contributed by atoms with E-state index in [1.54, 1.807) is 18.2 Å². The molecule has 2 atom stereocenters. The zero-order valence-electron chi connectivity index (χ0n) is 10.2. The van der Waals surface area contributed by atoms with Gasteiger partial charge in [0.1, 0.15) is 11.1 Å². The lowest BCUT2D eigenvalue weighted by molar-refractivity contribution is 0.592. The third kappa shape index (κ3) is 1.89. The van der Waals surface area contributed by atoms with E-state index in [9.17, 15) is 12.8 Å². The summed E-state index contributed by atoms with van der Waals surface area (Å²) in [5, 5.41) is 17.2. The summed E-state index contributed by atoms with van der Waals surface area (Å²) in [6, 6.07) is 8.99.